The molecule has 0 amide bonds. The van der Waals surface area contributed by atoms with Crippen molar-refractivity contribution in [2.24, 2.45) is 0 Å². The Labute approximate surface area is 154 Å². The number of aromatic nitrogens is 3. The number of pyridine rings is 1. The number of fused-ring (bicyclic) bond motifs is 1. The molecule has 0 spiro atoms. The van der Waals surface area contributed by atoms with Crippen molar-refractivity contribution in [1.82, 2.24) is 19.4 Å². The number of ether oxygens (including phenoxy) is 1. The van der Waals surface area contributed by atoms with E-state index < -0.39 is 9.84 Å². The topological polar surface area (TPSA) is 77.3 Å². The van der Waals surface area contributed by atoms with E-state index in [0.717, 1.165) is 30.2 Å². The number of sulfone groups is 1. The second-order valence-corrected chi connectivity index (χ2v) is 9.18. The van der Waals surface area contributed by atoms with Crippen LogP contribution < -0.4 is 0 Å². The Hall–Kier alpha value is -1.77. The summed E-state index contributed by atoms with van der Waals surface area (Å²) < 4.78 is 31.6. The van der Waals surface area contributed by atoms with E-state index in [1.54, 1.807) is 6.92 Å². The fourth-order valence-electron chi connectivity index (χ4n) is 3.16. The molecular formula is C18H26N4O3S. The van der Waals surface area contributed by atoms with Crippen LogP contribution in [0.15, 0.2) is 30.7 Å². The fourth-order valence-corrected chi connectivity index (χ4v) is 3.98. The molecule has 3 rings (SSSR count). The molecular weight excluding hydrogens is 352 g/mol. The second kappa shape index (κ2) is 8.28. The summed E-state index contributed by atoms with van der Waals surface area (Å²) in [5.41, 5.74) is 2.98. The molecule has 0 bridgehead atoms. The molecule has 0 aromatic carbocycles. The molecule has 0 saturated heterocycles. The van der Waals surface area contributed by atoms with Crippen molar-refractivity contribution in [2.45, 2.75) is 33.0 Å². The third kappa shape index (κ3) is 4.90. The summed E-state index contributed by atoms with van der Waals surface area (Å²) in [7, 11) is -2.96. The van der Waals surface area contributed by atoms with Gasteiger partial charge in [0.1, 0.15) is 0 Å². The number of hydrogen-bond donors (Lipinski definition) is 0. The first-order valence-electron chi connectivity index (χ1n) is 8.90. The Morgan fingerprint density at radius 3 is 2.96 bits per heavy atom. The Balaban J connectivity index is 1.59. The third-order valence-electron chi connectivity index (χ3n) is 4.66. The third-order valence-corrected chi connectivity index (χ3v) is 6.34. The maximum absolute atomic E-state index is 11.8. The minimum Gasteiger partial charge on any atom is -0.373 e. The summed E-state index contributed by atoms with van der Waals surface area (Å²) in [5.74, 6) is 0.382. The first-order valence-corrected chi connectivity index (χ1v) is 10.7. The van der Waals surface area contributed by atoms with Gasteiger partial charge in [-0.2, -0.15) is 0 Å². The molecule has 7 nitrogen and oxygen atoms in total. The predicted octanol–water partition coefficient (Wildman–Crippen LogP) is 1.59. The van der Waals surface area contributed by atoms with Gasteiger partial charge in [0, 0.05) is 37.3 Å². The Bertz CT molecular complexity index is 834. The summed E-state index contributed by atoms with van der Waals surface area (Å²) in [5, 5.41) is 0. The summed E-state index contributed by atoms with van der Waals surface area (Å²) in [4.78, 5) is 10.9. The van der Waals surface area contributed by atoms with Gasteiger partial charge in [0.05, 0.1) is 42.7 Å². The van der Waals surface area contributed by atoms with Gasteiger partial charge in [-0.05, 0) is 19.1 Å². The zero-order chi connectivity index (χ0) is 18.6. The van der Waals surface area contributed by atoms with E-state index in [0.29, 0.717) is 19.8 Å². The lowest BCUT2D eigenvalue weighted by molar-refractivity contribution is 0.0606. The molecule has 1 aliphatic heterocycles. The second-order valence-electron chi connectivity index (χ2n) is 6.70. The molecule has 0 radical (unpaired) electrons. The van der Waals surface area contributed by atoms with Crippen molar-refractivity contribution in [1.29, 1.82) is 0 Å². The summed E-state index contributed by atoms with van der Waals surface area (Å²) in [6, 6.07) is 6.02. The largest absolute Gasteiger partial charge is 0.373 e. The molecule has 1 atom stereocenters. The minimum absolute atomic E-state index is 0.121. The van der Waals surface area contributed by atoms with Gasteiger partial charge in [-0.3, -0.25) is 9.88 Å². The van der Waals surface area contributed by atoms with Crippen LogP contribution in [-0.2, 0) is 27.7 Å². The monoisotopic (exact) mass is 378 g/mol. The number of hydrogen-bond acceptors (Lipinski definition) is 6. The maximum atomic E-state index is 11.8. The normalized spacial score (nSPS) is 18.0. The Kier molecular flexibility index (Phi) is 6.05. The van der Waals surface area contributed by atoms with Crippen molar-refractivity contribution in [3.8, 4) is 0 Å². The highest BCUT2D eigenvalue weighted by Crippen LogP contribution is 2.21. The van der Waals surface area contributed by atoms with Gasteiger partial charge in [0.15, 0.2) is 9.84 Å². The molecule has 142 valence electrons. The molecule has 3 heterocycles. The van der Waals surface area contributed by atoms with Gasteiger partial charge in [-0.25, -0.2) is 13.4 Å². The van der Waals surface area contributed by atoms with Crippen molar-refractivity contribution in [2.75, 3.05) is 31.2 Å². The first-order chi connectivity index (χ1) is 12.5. The van der Waals surface area contributed by atoms with Crippen LogP contribution >= 0.6 is 0 Å². The summed E-state index contributed by atoms with van der Waals surface area (Å²) in [6.45, 7) is 6.67. The zero-order valence-electron chi connectivity index (χ0n) is 15.3. The van der Waals surface area contributed by atoms with Crippen LogP contribution in [0.2, 0.25) is 0 Å². The average Bonchev–Trinajstić information content (AvgIpc) is 3.09. The molecule has 8 heteroatoms. The van der Waals surface area contributed by atoms with Gasteiger partial charge in [0.25, 0.3) is 0 Å². The van der Waals surface area contributed by atoms with E-state index in [4.69, 9.17) is 4.74 Å². The van der Waals surface area contributed by atoms with Crippen molar-refractivity contribution >= 4 is 9.84 Å². The number of nitrogens with zero attached hydrogens (tertiary/aromatic N) is 4. The molecule has 0 aliphatic carbocycles. The van der Waals surface area contributed by atoms with Crippen LogP contribution in [0.3, 0.4) is 0 Å². The molecule has 0 saturated carbocycles. The van der Waals surface area contributed by atoms with Crippen LogP contribution in [0.25, 0.3) is 0 Å². The lowest BCUT2D eigenvalue weighted by atomic mass is 10.2. The molecule has 26 heavy (non-hydrogen) atoms. The fraction of sp³-hybridized carbons (Fsp3) is 0.556. The van der Waals surface area contributed by atoms with Crippen molar-refractivity contribution in [3.05, 3.63) is 47.8 Å². The summed E-state index contributed by atoms with van der Waals surface area (Å²) in [6.07, 6.45) is 3.67. The van der Waals surface area contributed by atoms with Gasteiger partial charge in [0.2, 0.25) is 0 Å². The maximum Gasteiger partial charge on any atom is 0.151 e. The van der Waals surface area contributed by atoms with Gasteiger partial charge in [-0.1, -0.05) is 13.0 Å². The predicted molar refractivity (Wildman–Crippen MR) is 99.5 cm³/mol. The lowest BCUT2D eigenvalue weighted by Crippen LogP contribution is -2.41. The quantitative estimate of drug-likeness (QED) is 0.694. The highest BCUT2D eigenvalue weighted by Gasteiger charge is 2.25. The van der Waals surface area contributed by atoms with Gasteiger partial charge < -0.3 is 9.30 Å². The van der Waals surface area contributed by atoms with Crippen LogP contribution in [0.4, 0.5) is 0 Å². The summed E-state index contributed by atoms with van der Waals surface area (Å²) >= 11 is 0. The van der Waals surface area contributed by atoms with Crippen LogP contribution in [-0.4, -0.2) is 59.1 Å². The van der Waals surface area contributed by atoms with E-state index in [1.807, 2.05) is 37.6 Å². The van der Waals surface area contributed by atoms with E-state index >= 15 is 0 Å². The van der Waals surface area contributed by atoms with Crippen molar-refractivity contribution in [3.63, 3.8) is 0 Å². The molecule has 2 aromatic rings. The van der Waals surface area contributed by atoms with E-state index in [2.05, 4.69) is 19.4 Å². The molecule has 1 aliphatic rings. The first kappa shape index (κ1) is 19.0. The van der Waals surface area contributed by atoms with Crippen molar-refractivity contribution < 1.29 is 13.2 Å². The SMILES string of the molecule is CCS(=O)(=O)CCN1Cc2cncn2[C@H](COCc2cccc(C)n2)C1. The smallest absolute Gasteiger partial charge is 0.151 e. The minimum atomic E-state index is -2.96. The molecule has 0 N–H and O–H groups in total. The van der Waals surface area contributed by atoms with Crippen LogP contribution in [0.1, 0.15) is 30.0 Å². The lowest BCUT2D eigenvalue weighted by Gasteiger charge is -2.34. The Morgan fingerprint density at radius 2 is 2.19 bits per heavy atom. The molecule has 2 aromatic heterocycles. The average molecular weight is 378 g/mol. The highest BCUT2D eigenvalue weighted by atomic mass is 32.2. The highest BCUT2D eigenvalue weighted by molar-refractivity contribution is 7.91. The zero-order valence-corrected chi connectivity index (χ0v) is 16.2. The van der Waals surface area contributed by atoms with Crippen LogP contribution in [0.5, 0.6) is 0 Å². The number of rotatable bonds is 8. The van der Waals surface area contributed by atoms with E-state index in [1.165, 1.54) is 0 Å². The van der Waals surface area contributed by atoms with Gasteiger partial charge in [-0.15, -0.1) is 0 Å². The standard InChI is InChI=1S/C18H26N4O3S/c1-3-26(23,24)8-7-21-10-17-9-19-14-22(17)18(11-21)13-25-12-16-6-4-5-15(2)20-16/h4-6,9,14,18H,3,7-8,10-13H2,1-2H3/t18-/m0/s1. The number of aryl methyl sites for hydroxylation is 1. The Morgan fingerprint density at radius 1 is 1.35 bits per heavy atom. The van der Waals surface area contributed by atoms with Gasteiger partial charge >= 0.3 is 0 Å². The van der Waals surface area contributed by atoms with E-state index in [9.17, 15) is 8.42 Å². The van der Waals surface area contributed by atoms with E-state index in [-0.39, 0.29) is 17.5 Å². The van der Waals surface area contributed by atoms with Crippen LogP contribution in [0, 0.1) is 6.92 Å². The molecule has 0 fully saturated rings. The molecule has 0 unspecified atom stereocenters. The number of imidazole rings is 1.